The van der Waals surface area contributed by atoms with Gasteiger partial charge in [-0.3, -0.25) is 4.79 Å². The van der Waals surface area contributed by atoms with Gasteiger partial charge in [-0.05, 0) is 0 Å². The Labute approximate surface area is 81.4 Å². The molecule has 0 aromatic heterocycles. The van der Waals surface area contributed by atoms with Crippen molar-refractivity contribution in [2.45, 2.75) is 5.54 Å². The number of likely N-dealkylation sites (N-methyl/N-ethyl adjacent to an activating group) is 1. The highest BCUT2D eigenvalue weighted by Gasteiger charge is 2.44. The molecule has 1 rings (SSSR count). The molecule has 1 aliphatic rings. The fourth-order valence-electron chi connectivity index (χ4n) is 1.22. The molecule has 1 aliphatic heterocycles. The minimum absolute atomic E-state index is 0.0441. The monoisotopic (exact) mass is 203 g/mol. The molecule has 1 amide bonds. The minimum Gasteiger partial charge on any atom is -0.479 e. The van der Waals surface area contributed by atoms with Gasteiger partial charge in [0.15, 0.2) is 5.54 Å². The maximum atomic E-state index is 11.1. The molecule has 0 radical (unpaired) electrons. The van der Waals surface area contributed by atoms with Gasteiger partial charge in [0, 0.05) is 7.05 Å². The molecule has 1 heterocycles. The number of aliphatic carboxylic acids is 1. The molecule has 1 saturated heterocycles. The Morgan fingerprint density at radius 2 is 1.93 bits per heavy atom. The smallest absolute Gasteiger partial charge is 0.334 e. The van der Waals surface area contributed by atoms with Crippen molar-refractivity contribution in [3.63, 3.8) is 0 Å². The number of nitrogens with zero attached hydrogens (tertiary/aromatic N) is 1. The van der Waals surface area contributed by atoms with Gasteiger partial charge in [0.2, 0.25) is 6.41 Å². The van der Waals surface area contributed by atoms with E-state index in [2.05, 4.69) is 0 Å². The zero-order valence-corrected chi connectivity index (χ0v) is 7.93. The van der Waals surface area contributed by atoms with Gasteiger partial charge in [0.1, 0.15) is 0 Å². The predicted octanol–water partition coefficient (Wildman–Crippen LogP) is -1.06. The van der Waals surface area contributed by atoms with Crippen molar-refractivity contribution in [1.29, 1.82) is 0 Å². The number of carboxylic acids is 1. The van der Waals surface area contributed by atoms with E-state index in [0.717, 1.165) is 4.90 Å². The Morgan fingerprint density at radius 1 is 1.43 bits per heavy atom. The van der Waals surface area contributed by atoms with Crippen LogP contribution in [0.1, 0.15) is 0 Å². The van der Waals surface area contributed by atoms with Crippen LogP contribution in [0.3, 0.4) is 0 Å². The summed E-state index contributed by atoms with van der Waals surface area (Å²) in [6.45, 7) is 0.610. The molecule has 0 aromatic rings. The van der Waals surface area contributed by atoms with E-state index in [4.69, 9.17) is 14.6 Å². The number of carbonyl (C=O) groups is 2. The van der Waals surface area contributed by atoms with Crippen LogP contribution in [0.15, 0.2) is 0 Å². The minimum atomic E-state index is -1.39. The molecule has 0 bridgehead atoms. The number of ether oxygens (including phenoxy) is 2. The van der Waals surface area contributed by atoms with Gasteiger partial charge < -0.3 is 19.5 Å². The number of amides is 1. The lowest BCUT2D eigenvalue weighted by molar-refractivity contribution is -0.160. The van der Waals surface area contributed by atoms with Crippen molar-refractivity contribution >= 4 is 12.4 Å². The molecule has 14 heavy (non-hydrogen) atoms. The number of carbonyl (C=O) groups excluding carboxylic acids is 1. The highest BCUT2D eigenvalue weighted by Crippen LogP contribution is 2.16. The summed E-state index contributed by atoms with van der Waals surface area (Å²) in [7, 11) is 1.40. The standard InChI is InChI=1S/C8H13NO5/c1-9(6-10)8(7(11)12)4-13-2-3-14-5-8/h6H,2-5H2,1H3,(H,11,12). The molecule has 1 fully saturated rings. The Morgan fingerprint density at radius 3 is 2.29 bits per heavy atom. The lowest BCUT2D eigenvalue weighted by Crippen LogP contribution is -2.58. The summed E-state index contributed by atoms with van der Waals surface area (Å²) in [6.07, 6.45) is 0.464. The molecule has 1 N–H and O–H groups in total. The second-order valence-electron chi connectivity index (χ2n) is 3.16. The Hall–Kier alpha value is -1.14. The predicted molar refractivity (Wildman–Crippen MR) is 45.8 cm³/mol. The highest BCUT2D eigenvalue weighted by molar-refractivity contribution is 5.82. The van der Waals surface area contributed by atoms with Crippen LogP contribution < -0.4 is 0 Å². The molecule has 0 aliphatic carbocycles. The van der Waals surface area contributed by atoms with E-state index >= 15 is 0 Å². The Bertz CT molecular complexity index is 222. The van der Waals surface area contributed by atoms with Gasteiger partial charge in [-0.15, -0.1) is 0 Å². The van der Waals surface area contributed by atoms with Crippen LogP contribution in [0, 0.1) is 0 Å². The number of carboxylic acid groups (broad SMARTS) is 1. The van der Waals surface area contributed by atoms with Gasteiger partial charge in [-0.2, -0.15) is 0 Å². The largest absolute Gasteiger partial charge is 0.479 e. The number of hydrogen-bond donors (Lipinski definition) is 1. The van der Waals surface area contributed by atoms with E-state index in [1.807, 2.05) is 0 Å². The number of hydrogen-bond acceptors (Lipinski definition) is 4. The van der Waals surface area contributed by atoms with Crippen LogP contribution in [0.25, 0.3) is 0 Å². The molecule has 0 unspecified atom stereocenters. The molecular formula is C8H13NO5. The van der Waals surface area contributed by atoms with E-state index in [1.165, 1.54) is 7.05 Å². The van der Waals surface area contributed by atoms with E-state index < -0.39 is 11.5 Å². The van der Waals surface area contributed by atoms with E-state index in [1.54, 1.807) is 0 Å². The van der Waals surface area contributed by atoms with Crippen molar-refractivity contribution in [2.75, 3.05) is 33.5 Å². The van der Waals surface area contributed by atoms with Crippen LogP contribution in [-0.4, -0.2) is 61.4 Å². The van der Waals surface area contributed by atoms with Crippen molar-refractivity contribution in [2.24, 2.45) is 0 Å². The first-order valence-electron chi connectivity index (χ1n) is 4.20. The normalized spacial score (nSPS) is 20.9. The fraction of sp³-hybridized carbons (Fsp3) is 0.750. The summed E-state index contributed by atoms with van der Waals surface area (Å²) in [5, 5.41) is 9.05. The van der Waals surface area contributed by atoms with Crippen molar-refractivity contribution in [1.82, 2.24) is 4.90 Å². The van der Waals surface area contributed by atoms with E-state index in [0.29, 0.717) is 19.6 Å². The van der Waals surface area contributed by atoms with E-state index in [-0.39, 0.29) is 13.2 Å². The SMILES string of the molecule is CN(C=O)C1(C(=O)O)COCCOC1. The molecular weight excluding hydrogens is 190 g/mol. The average Bonchev–Trinajstić information content (AvgIpc) is 2.42. The Kier molecular flexibility index (Phi) is 3.43. The van der Waals surface area contributed by atoms with Gasteiger partial charge >= 0.3 is 5.97 Å². The summed E-state index contributed by atoms with van der Waals surface area (Å²) < 4.78 is 10.2. The highest BCUT2D eigenvalue weighted by atomic mass is 16.5. The summed E-state index contributed by atoms with van der Waals surface area (Å²) in [5.41, 5.74) is -1.39. The first-order valence-corrected chi connectivity index (χ1v) is 4.20. The third-order valence-electron chi connectivity index (χ3n) is 2.29. The van der Waals surface area contributed by atoms with Gasteiger partial charge in [-0.1, -0.05) is 0 Å². The van der Waals surface area contributed by atoms with Crippen molar-refractivity contribution in [3.05, 3.63) is 0 Å². The van der Waals surface area contributed by atoms with Gasteiger partial charge in [0.25, 0.3) is 0 Å². The van der Waals surface area contributed by atoms with Crippen LogP contribution in [0.2, 0.25) is 0 Å². The third-order valence-corrected chi connectivity index (χ3v) is 2.29. The lowest BCUT2D eigenvalue weighted by atomic mass is 10.0. The third kappa shape index (κ3) is 1.85. The van der Waals surface area contributed by atoms with Crippen molar-refractivity contribution in [3.8, 4) is 0 Å². The van der Waals surface area contributed by atoms with Crippen LogP contribution in [0.5, 0.6) is 0 Å². The molecule has 0 saturated carbocycles. The van der Waals surface area contributed by atoms with Crippen molar-refractivity contribution < 1.29 is 24.2 Å². The maximum Gasteiger partial charge on any atom is 0.334 e. The second kappa shape index (κ2) is 4.39. The van der Waals surface area contributed by atoms with E-state index in [9.17, 15) is 9.59 Å². The molecule has 6 heteroatoms. The first-order chi connectivity index (χ1) is 6.63. The topological polar surface area (TPSA) is 76.1 Å². The van der Waals surface area contributed by atoms with Crippen LogP contribution in [0.4, 0.5) is 0 Å². The summed E-state index contributed by atoms with van der Waals surface area (Å²) in [4.78, 5) is 22.7. The molecule has 0 atom stereocenters. The Balaban J connectivity index is 2.88. The van der Waals surface area contributed by atoms with Crippen LogP contribution >= 0.6 is 0 Å². The fourth-order valence-corrected chi connectivity index (χ4v) is 1.22. The average molecular weight is 203 g/mol. The molecule has 6 nitrogen and oxygen atoms in total. The molecule has 80 valence electrons. The summed E-state index contributed by atoms with van der Waals surface area (Å²) in [6, 6.07) is 0. The zero-order chi connectivity index (χ0) is 10.6. The first kappa shape index (κ1) is 10.9. The lowest BCUT2D eigenvalue weighted by Gasteiger charge is -2.33. The maximum absolute atomic E-state index is 11.1. The zero-order valence-electron chi connectivity index (χ0n) is 7.93. The summed E-state index contributed by atoms with van der Waals surface area (Å²) >= 11 is 0. The molecule has 0 spiro atoms. The number of rotatable bonds is 3. The second-order valence-corrected chi connectivity index (χ2v) is 3.16. The quantitative estimate of drug-likeness (QED) is 0.592. The summed E-state index contributed by atoms with van der Waals surface area (Å²) in [5.74, 6) is -1.12. The van der Waals surface area contributed by atoms with Crippen LogP contribution in [-0.2, 0) is 19.1 Å². The van der Waals surface area contributed by atoms with Gasteiger partial charge in [0.05, 0.1) is 26.4 Å². The molecule has 0 aromatic carbocycles. The van der Waals surface area contributed by atoms with Gasteiger partial charge in [-0.25, -0.2) is 4.79 Å².